The molecule has 1 atom stereocenters. The molecule has 0 amide bonds. The molecule has 0 aliphatic rings. The van der Waals surface area contributed by atoms with Gasteiger partial charge in [-0.1, -0.05) is 6.92 Å². The van der Waals surface area contributed by atoms with E-state index in [9.17, 15) is 8.78 Å². The van der Waals surface area contributed by atoms with Crippen LogP contribution in [0.25, 0.3) is 11.0 Å². The number of fused-ring (bicyclic) bond motifs is 1. The molecule has 1 unspecified atom stereocenters. The molecule has 1 aromatic carbocycles. The molecule has 1 aromatic heterocycles. The quantitative estimate of drug-likeness (QED) is 0.883. The summed E-state index contributed by atoms with van der Waals surface area (Å²) in [6.07, 6.45) is 1.50. The number of halogens is 2. The molecule has 2 nitrogen and oxygen atoms in total. The van der Waals surface area contributed by atoms with Crippen LogP contribution < -0.4 is 5.32 Å². The smallest absolute Gasteiger partial charge is 0.287 e. The molecule has 1 heterocycles. The molecule has 0 aliphatic carbocycles. The Morgan fingerprint density at radius 3 is 2.82 bits per heavy atom. The van der Waals surface area contributed by atoms with Gasteiger partial charge in [-0.25, -0.2) is 0 Å². The minimum absolute atomic E-state index is 0.0138. The number of likely N-dealkylation sites (N-methyl/N-ethyl adjacent to an activating group) is 1. The minimum Gasteiger partial charge on any atom is -0.464 e. The Labute approximate surface area is 98.6 Å². The maximum Gasteiger partial charge on any atom is 0.287 e. The van der Waals surface area contributed by atoms with Crippen molar-refractivity contribution < 1.29 is 13.2 Å². The van der Waals surface area contributed by atoms with E-state index < -0.39 is 12.0 Å². The normalized spacial score (nSPS) is 14.1. The molecule has 2 rings (SSSR count). The van der Waals surface area contributed by atoms with Gasteiger partial charge in [0.15, 0.2) is 0 Å². The van der Waals surface area contributed by atoms with Gasteiger partial charge in [0.05, 0.1) is 12.3 Å². The zero-order valence-corrected chi connectivity index (χ0v) is 9.84. The van der Waals surface area contributed by atoms with Crippen LogP contribution in [-0.4, -0.2) is 12.6 Å². The summed E-state index contributed by atoms with van der Waals surface area (Å²) in [6.45, 7) is 3.82. The van der Waals surface area contributed by atoms with E-state index in [0.717, 1.165) is 0 Å². The standard InChI is InChI=1S/C13H15F2NO/c1-3-16-9(2)13(14,15)11-4-5-12-10(8-11)6-7-17-12/h4-9,16H,3H2,1-2H3. The van der Waals surface area contributed by atoms with Gasteiger partial charge in [0.2, 0.25) is 0 Å². The summed E-state index contributed by atoms with van der Waals surface area (Å²) in [4.78, 5) is 0. The second-order valence-electron chi connectivity index (χ2n) is 4.08. The predicted molar refractivity (Wildman–Crippen MR) is 63.2 cm³/mol. The monoisotopic (exact) mass is 239 g/mol. The maximum absolute atomic E-state index is 14.1. The van der Waals surface area contributed by atoms with Crippen molar-refractivity contribution >= 4 is 11.0 Å². The Hall–Kier alpha value is -1.42. The van der Waals surface area contributed by atoms with Crippen molar-refractivity contribution in [2.75, 3.05) is 6.54 Å². The number of hydrogen-bond acceptors (Lipinski definition) is 2. The van der Waals surface area contributed by atoms with Crippen LogP contribution in [0.3, 0.4) is 0 Å². The molecule has 0 fully saturated rings. The van der Waals surface area contributed by atoms with Crippen molar-refractivity contribution in [3.05, 3.63) is 36.1 Å². The Kier molecular flexibility index (Phi) is 3.15. The first kappa shape index (κ1) is 12.0. The van der Waals surface area contributed by atoms with E-state index in [-0.39, 0.29) is 5.56 Å². The zero-order valence-electron chi connectivity index (χ0n) is 9.84. The van der Waals surface area contributed by atoms with Crippen LogP contribution in [0.2, 0.25) is 0 Å². The highest BCUT2D eigenvalue weighted by molar-refractivity contribution is 5.77. The largest absolute Gasteiger partial charge is 0.464 e. The summed E-state index contributed by atoms with van der Waals surface area (Å²) in [5.74, 6) is -2.89. The molecule has 0 saturated heterocycles. The van der Waals surface area contributed by atoms with Crippen LogP contribution in [0.4, 0.5) is 8.78 Å². The van der Waals surface area contributed by atoms with Crippen LogP contribution in [-0.2, 0) is 5.92 Å². The third-order valence-corrected chi connectivity index (χ3v) is 2.89. The minimum atomic E-state index is -2.89. The zero-order chi connectivity index (χ0) is 12.5. The summed E-state index contributed by atoms with van der Waals surface area (Å²) in [5, 5.41) is 3.45. The molecule has 0 aliphatic heterocycles. The van der Waals surface area contributed by atoms with Crippen LogP contribution in [0.5, 0.6) is 0 Å². The fourth-order valence-corrected chi connectivity index (χ4v) is 1.86. The summed E-state index contributed by atoms with van der Waals surface area (Å²) in [6, 6.07) is 5.27. The van der Waals surface area contributed by atoms with Gasteiger partial charge in [-0.2, -0.15) is 8.78 Å². The lowest BCUT2D eigenvalue weighted by molar-refractivity contribution is -0.0370. The molecule has 17 heavy (non-hydrogen) atoms. The molecular formula is C13H15F2NO. The Morgan fingerprint density at radius 1 is 1.35 bits per heavy atom. The van der Waals surface area contributed by atoms with Crippen molar-refractivity contribution in [1.82, 2.24) is 5.32 Å². The Bertz CT molecular complexity index is 507. The number of alkyl halides is 2. The second kappa shape index (κ2) is 4.45. The first-order chi connectivity index (χ1) is 8.05. The summed E-state index contributed by atoms with van der Waals surface area (Å²) in [5.41, 5.74) is 0.639. The van der Waals surface area contributed by atoms with E-state index in [1.807, 2.05) is 6.92 Å². The summed E-state index contributed by atoms with van der Waals surface area (Å²) >= 11 is 0. The van der Waals surface area contributed by atoms with Gasteiger partial charge in [-0.05, 0) is 37.7 Å². The van der Waals surface area contributed by atoms with Crippen LogP contribution in [0, 0.1) is 0 Å². The first-order valence-electron chi connectivity index (χ1n) is 5.64. The summed E-state index contributed by atoms with van der Waals surface area (Å²) < 4.78 is 33.3. The van der Waals surface area contributed by atoms with E-state index in [1.54, 1.807) is 12.1 Å². The lowest BCUT2D eigenvalue weighted by atomic mass is 10.0. The number of hydrogen-bond donors (Lipinski definition) is 1. The van der Waals surface area contributed by atoms with Crippen LogP contribution in [0.15, 0.2) is 34.9 Å². The van der Waals surface area contributed by atoms with Crippen molar-refractivity contribution in [3.63, 3.8) is 0 Å². The van der Waals surface area contributed by atoms with Gasteiger partial charge in [0.25, 0.3) is 5.92 Å². The number of benzene rings is 1. The molecule has 0 bridgehead atoms. The summed E-state index contributed by atoms with van der Waals surface area (Å²) in [7, 11) is 0. The molecule has 2 aromatic rings. The van der Waals surface area contributed by atoms with Gasteiger partial charge >= 0.3 is 0 Å². The Balaban J connectivity index is 2.36. The van der Waals surface area contributed by atoms with Crippen LogP contribution >= 0.6 is 0 Å². The van der Waals surface area contributed by atoms with Crippen molar-refractivity contribution in [3.8, 4) is 0 Å². The maximum atomic E-state index is 14.1. The first-order valence-corrected chi connectivity index (χ1v) is 5.64. The average molecular weight is 239 g/mol. The lowest BCUT2D eigenvalue weighted by Crippen LogP contribution is -2.40. The third-order valence-electron chi connectivity index (χ3n) is 2.89. The van der Waals surface area contributed by atoms with Gasteiger partial charge in [0, 0.05) is 10.9 Å². The van der Waals surface area contributed by atoms with Crippen molar-refractivity contribution in [1.29, 1.82) is 0 Å². The second-order valence-corrected chi connectivity index (χ2v) is 4.08. The van der Waals surface area contributed by atoms with E-state index in [2.05, 4.69) is 5.32 Å². The average Bonchev–Trinajstić information content (AvgIpc) is 2.76. The van der Waals surface area contributed by atoms with E-state index in [1.165, 1.54) is 25.3 Å². The lowest BCUT2D eigenvalue weighted by Gasteiger charge is -2.24. The number of rotatable bonds is 4. The van der Waals surface area contributed by atoms with E-state index in [0.29, 0.717) is 17.5 Å². The Morgan fingerprint density at radius 2 is 2.12 bits per heavy atom. The molecule has 0 saturated carbocycles. The third kappa shape index (κ3) is 2.17. The van der Waals surface area contributed by atoms with Gasteiger partial charge in [-0.15, -0.1) is 0 Å². The SMILES string of the molecule is CCNC(C)C(F)(F)c1ccc2occc2c1. The van der Waals surface area contributed by atoms with Gasteiger partial charge in [0.1, 0.15) is 5.58 Å². The molecule has 92 valence electrons. The van der Waals surface area contributed by atoms with Crippen molar-refractivity contribution in [2.24, 2.45) is 0 Å². The highest BCUT2D eigenvalue weighted by Crippen LogP contribution is 2.33. The molecule has 1 N–H and O–H groups in total. The van der Waals surface area contributed by atoms with Gasteiger partial charge in [-0.3, -0.25) is 0 Å². The molecular weight excluding hydrogens is 224 g/mol. The van der Waals surface area contributed by atoms with Crippen molar-refractivity contribution in [2.45, 2.75) is 25.8 Å². The topological polar surface area (TPSA) is 25.2 Å². The molecule has 0 spiro atoms. The van der Waals surface area contributed by atoms with Crippen LogP contribution in [0.1, 0.15) is 19.4 Å². The van der Waals surface area contributed by atoms with E-state index in [4.69, 9.17) is 4.42 Å². The highest BCUT2D eigenvalue weighted by atomic mass is 19.3. The number of nitrogens with one attached hydrogen (secondary N) is 1. The number of furan rings is 1. The fourth-order valence-electron chi connectivity index (χ4n) is 1.86. The van der Waals surface area contributed by atoms with E-state index >= 15 is 0 Å². The predicted octanol–water partition coefficient (Wildman–Crippen LogP) is 3.52. The van der Waals surface area contributed by atoms with Gasteiger partial charge < -0.3 is 9.73 Å². The highest BCUT2D eigenvalue weighted by Gasteiger charge is 2.38. The molecule has 0 radical (unpaired) electrons. The fraction of sp³-hybridized carbons (Fsp3) is 0.385. The molecule has 4 heteroatoms.